The number of ether oxygens (including phenoxy) is 2. The Kier molecular flexibility index (Phi) is 7.09. The second-order valence-electron chi connectivity index (χ2n) is 6.01. The molecule has 0 aliphatic heterocycles. The second-order valence-corrected chi connectivity index (χ2v) is 6.82. The van der Waals surface area contributed by atoms with Gasteiger partial charge in [-0.15, -0.1) is 0 Å². The SMILES string of the molecule is COc1cc(CNCc2ccccn2)c(Cl)cc1OCc1c(F)cccc1Cl. The monoisotopic (exact) mass is 420 g/mol. The van der Waals surface area contributed by atoms with Crippen molar-refractivity contribution < 1.29 is 13.9 Å². The third-order valence-electron chi connectivity index (χ3n) is 4.11. The van der Waals surface area contributed by atoms with Gasteiger partial charge in [0.15, 0.2) is 11.5 Å². The quantitative estimate of drug-likeness (QED) is 0.529. The number of hydrogen-bond acceptors (Lipinski definition) is 4. The number of nitrogens with one attached hydrogen (secondary N) is 1. The molecule has 7 heteroatoms. The Bertz CT molecular complexity index is 919. The van der Waals surface area contributed by atoms with Gasteiger partial charge in [0.1, 0.15) is 12.4 Å². The lowest BCUT2D eigenvalue weighted by Crippen LogP contribution is -2.14. The van der Waals surface area contributed by atoms with Gasteiger partial charge in [-0.25, -0.2) is 4.39 Å². The van der Waals surface area contributed by atoms with E-state index in [1.54, 1.807) is 30.5 Å². The normalized spacial score (nSPS) is 10.7. The van der Waals surface area contributed by atoms with Crippen LogP contribution in [0.3, 0.4) is 0 Å². The number of methoxy groups -OCH3 is 1. The van der Waals surface area contributed by atoms with Gasteiger partial charge in [-0.2, -0.15) is 0 Å². The van der Waals surface area contributed by atoms with Crippen molar-refractivity contribution in [2.24, 2.45) is 0 Å². The number of aromatic nitrogens is 1. The average Bonchev–Trinajstić information content (AvgIpc) is 2.70. The molecule has 3 aromatic rings. The first-order valence-electron chi connectivity index (χ1n) is 8.61. The van der Waals surface area contributed by atoms with Gasteiger partial charge < -0.3 is 14.8 Å². The molecule has 0 fully saturated rings. The van der Waals surface area contributed by atoms with Gasteiger partial charge in [0, 0.05) is 35.9 Å². The van der Waals surface area contributed by atoms with Gasteiger partial charge in [0.25, 0.3) is 0 Å². The van der Waals surface area contributed by atoms with Gasteiger partial charge in [0.2, 0.25) is 0 Å². The second kappa shape index (κ2) is 9.73. The van der Waals surface area contributed by atoms with Gasteiger partial charge >= 0.3 is 0 Å². The van der Waals surface area contributed by atoms with Crippen LogP contribution in [-0.4, -0.2) is 12.1 Å². The van der Waals surface area contributed by atoms with Crippen molar-refractivity contribution in [3.05, 3.63) is 87.4 Å². The maximum Gasteiger partial charge on any atom is 0.163 e. The molecule has 3 rings (SSSR count). The molecule has 28 heavy (non-hydrogen) atoms. The van der Waals surface area contributed by atoms with E-state index < -0.39 is 5.82 Å². The molecular formula is C21H19Cl2FN2O2. The van der Waals surface area contributed by atoms with Crippen LogP contribution < -0.4 is 14.8 Å². The highest BCUT2D eigenvalue weighted by molar-refractivity contribution is 6.31. The summed E-state index contributed by atoms with van der Waals surface area (Å²) in [6, 6.07) is 13.7. The maximum absolute atomic E-state index is 13.9. The Morgan fingerprint density at radius 2 is 1.86 bits per heavy atom. The number of pyridine rings is 1. The van der Waals surface area contributed by atoms with Crippen LogP contribution in [0.2, 0.25) is 10.0 Å². The summed E-state index contributed by atoms with van der Waals surface area (Å²) in [7, 11) is 1.54. The maximum atomic E-state index is 13.9. The van der Waals surface area contributed by atoms with Crippen LogP contribution in [0.4, 0.5) is 4.39 Å². The average molecular weight is 421 g/mol. The topological polar surface area (TPSA) is 43.4 Å². The predicted molar refractivity (Wildman–Crippen MR) is 109 cm³/mol. The molecule has 0 amide bonds. The molecule has 0 aliphatic rings. The Balaban J connectivity index is 1.68. The van der Waals surface area contributed by atoms with E-state index in [1.165, 1.54) is 13.2 Å². The molecule has 0 atom stereocenters. The molecule has 0 saturated carbocycles. The lowest BCUT2D eigenvalue weighted by molar-refractivity contribution is 0.279. The van der Waals surface area contributed by atoms with Gasteiger partial charge in [-0.05, 0) is 35.9 Å². The molecule has 4 nitrogen and oxygen atoms in total. The molecule has 0 radical (unpaired) electrons. The highest BCUT2D eigenvalue weighted by atomic mass is 35.5. The third kappa shape index (κ3) is 5.13. The number of hydrogen-bond donors (Lipinski definition) is 1. The fourth-order valence-corrected chi connectivity index (χ4v) is 3.07. The lowest BCUT2D eigenvalue weighted by atomic mass is 10.2. The van der Waals surface area contributed by atoms with Gasteiger partial charge in [-0.3, -0.25) is 4.98 Å². The van der Waals surface area contributed by atoms with Crippen LogP contribution in [0.5, 0.6) is 11.5 Å². The molecule has 0 saturated heterocycles. The van der Waals surface area contributed by atoms with E-state index in [4.69, 9.17) is 32.7 Å². The van der Waals surface area contributed by atoms with E-state index in [0.29, 0.717) is 34.6 Å². The van der Waals surface area contributed by atoms with Crippen molar-refractivity contribution in [2.45, 2.75) is 19.7 Å². The minimum Gasteiger partial charge on any atom is -0.493 e. The highest BCUT2D eigenvalue weighted by Crippen LogP contribution is 2.34. The molecule has 1 N–H and O–H groups in total. The fraction of sp³-hybridized carbons (Fsp3) is 0.190. The van der Waals surface area contributed by atoms with Crippen LogP contribution in [0, 0.1) is 5.82 Å². The van der Waals surface area contributed by atoms with Crippen LogP contribution in [0.15, 0.2) is 54.7 Å². The van der Waals surface area contributed by atoms with Crippen molar-refractivity contribution in [2.75, 3.05) is 7.11 Å². The zero-order valence-electron chi connectivity index (χ0n) is 15.2. The van der Waals surface area contributed by atoms with Crippen molar-refractivity contribution in [3.63, 3.8) is 0 Å². The first-order chi connectivity index (χ1) is 13.6. The summed E-state index contributed by atoms with van der Waals surface area (Å²) in [6.45, 7) is 1.12. The van der Waals surface area contributed by atoms with Crippen molar-refractivity contribution >= 4 is 23.2 Å². The van der Waals surface area contributed by atoms with Crippen LogP contribution in [0.1, 0.15) is 16.8 Å². The summed E-state index contributed by atoms with van der Waals surface area (Å²) in [4.78, 5) is 4.27. The standard InChI is InChI=1S/C21H19Cl2FN2O2/c1-27-20-9-14(11-25-12-15-5-2-3-8-26-15)18(23)10-21(20)28-13-16-17(22)6-4-7-19(16)24/h2-10,25H,11-13H2,1H3. The van der Waals surface area contributed by atoms with Crippen molar-refractivity contribution in [1.82, 2.24) is 10.3 Å². The number of benzene rings is 2. The van der Waals surface area contributed by atoms with E-state index in [0.717, 1.165) is 11.3 Å². The predicted octanol–water partition coefficient (Wildman–Crippen LogP) is 5.40. The van der Waals surface area contributed by atoms with Gasteiger partial charge in [0.05, 0.1) is 17.8 Å². The first kappa shape index (κ1) is 20.4. The summed E-state index contributed by atoms with van der Waals surface area (Å²) < 4.78 is 25.0. The summed E-state index contributed by atoms with van der Waals surface area (Å²) in [6.07, 6.45) is 1.75. The molecule has 1 heterocycles. The Labute approximate surface area is 173 Å². The molecule has 0 unspecified atom stereocenters. The van der Waals surface area contributed by atoms with Gasteiger partial charge in [-0.1, -0.05) is 35.3 Å². The molecule has 1 aromatic heterocycles. The largest absolute Gasteiger partial charge is 0.493 e. The number of nitrogens with zero attached hydrogens (tertiary/aromatic N) is 1. The highest BCUT2D eigenvalue weighted by Gasteiger charge is 2.13. The van der Waals surface area contributed by atoms with Crippen molar-refractivity contribution in [1.29, 1.82) is 0 Å². The Hall–Kier alpha value is -2.34. The van der Waals surface area contributed by atoms with E-state index in [2.05, 4.69) is 10.3 Å². The summed E-state index contributed by atoms with van der Waals surface area (Å²) in [5.41, 5.74) is 2.07. The van der Waals surface area contributed by atoms with Crippen molar-refractivity contribution in [3.8, 4) is 11.5 Å². The molecular weight excluding hydrogens is 402 g/mol. The lowest BCUT2D eigenvalue weighted by Gasteiger charge is -2.15. The summed E-state index contributed by atoms with van der Waals surface area (Å²) in [5.74, 6) is 0.500. The zero-order chi connectivity index (χ0) is 19.9. The van der Waals surface area contributed by atoms with Crippen LogP contribution in [0.25, 0.3) is 0 Å². The van der Waals surface area contributed by atoms with E-state index in [9.17, 15) is 4.39 Å². The molecule has 0 bridgehead atoms. The molecule has 0 spiro atoms. The van der Waals surface area contributed by atoms with Crippen LogP contribution in [-0.2, 0) is 19.7 Å². The third-order valence-corrected chi connectivity index (χ3v) is 4.82. The number of rotatable bonds is 8. The first-order valence-corrected chi connectivity index (χ1v) is 9.37. The van der Waals surface area contributed by atoms with E-state index in [-0.39, 0.29) is 12.2 Å². The van der Waals surface area contributed by atoms with E-state index >= 15 is 0 Å². The Morgan fingerprint density at radius 1 is 1.00 bits per heavy atom. The smallest absolute Gasteiger partial charge is 0.163 e. The minimum atomic E-state index is -0.423. The summed E-state index contributed by atoms with van der Waals surface area (Å²) >= 11 is 12.4. The number of halogens is 3. The molecule has 0 aliphatic carbocycles. The van der Waals surface area contributed by atoms with E-state index in [1.807, 2.05) is 18.2 Å². The molecule has 146 valence electrons. The molecule has 2 aromatic carbocycles. The minimum absolute atomic E-state index is 0.0323. The summed E-state index contributed by atoms with van der Waals surface area (Å²) in [5, 5.41) is 4.12. The van der Waals surface area contributed by atoms with Crippen LogP contribution >= 0.6 is 23.2 Å². The zero-order valence-corrected chi connectivity index (χ0v) is 16.7. The fourth-order valence-electron chi connectivity index (χ4n) is 2.63. The Morgan fingerprint density at radius 3 is 2.57 bits per heavy atom.